The zero-order chi connectivity index (χ0) is 9.90. The van der Waals surface area contributed by atoms with Crippen LogP contribution in [0.5, 0.6) is 0 Å². The predicted molar refractivity (Wildman–Crippen MR) is 49.0 cm³/mol. The van der Waals surface area contributed by atoms with Crippen molar-refractivity contribution in [3.8, 4) is 0 Å². The summed E-state index contributed by atoms with van der Waals surface area (Å²) in [6.07, 6.45) is -0.714. The molecule has 0 heterocycles. The second-order valence-corrected chi connectivity index (χ2v) is 3.12. The Labute approximate surface area is 77.6 Å². The Morgan fingerprint density at radius 2 is 1.77 bits per heavy atom. The maximum atomic E-state index is 9.36. The summed E-state index contributed by atoms with van der Waals surface area (Å²) in [6.45, 7) is 1.30. The minimum absolute atomic E-state index is 0.714. The van der Waals surface area contributed by atoms with Crippen LogP contribution in [0.1, 0.15) is 18.6 Å². The van der Waals surface area contributed by atoms with Crippen molar-refractivity contribution >= 4 is 0 Å². The lowest BCUT2D eigenvalue weighted by Gasteiger charge is -2.26. The van der Waals surface area contributed by atoms with E-state index in [1.165, 1.54) is 14.0 Å². The second kappa shape index (κ2) is 3.87. The quantitative estimate of drug-likeness (QED) is 0.687. The lowest BCUT2D eigenvalue weighted by atomic mass is 10.0. The Bertz CT molecular complexity index is 251. The van der Waals surface area contributed by atoms with Crippen molar-refractivity contribution in [1.29, 1.82) is 0 Å². The molecule has 0 fully saturated rings. The molecular weight excluding hydrogens is 168 g/mol. The van der Waals surface area contributed by atoms with Gasteiger partial charge in [0.2, 0.25) is 0 Å². The van der Waals surface area contributed by atoms with E-state index < -0.39 is 11.9 Å². The summed E-state index contributed by atoms with van der Waals surface area (Å²) >= 11 is 0. The lowest BCUT2D eigenvalue weighted by molar-refractivity contribution is -0.222. The van der Waals surface area contributed by atoms with Crippen LogP contribution in [0.25, 0.3) is 0 Å². The van der Waals surface area contributed by atoms with Gasteiger partial charge in [-0.15, -0.1) is 0 Å². The van der Waals surface area contributed by atoms with Gasteiger partial charge >= 0.3 is 0 Å². The van der Waals surface area contributed by atoms with Gasteiger partial charge in [-0.3, -0.25) is 0 Å². The van der Waals surface area contributed by atoms with Gasteiger partial charge in [-0.05, 0) is 12.5 Å². The first kappa shape index (κ1) is 10.2. The molecule has 1 rings (SSSR count). The fraction of sp³-hybridized carbons (Fsp3) is 0.400. The van der Waals surface area contributed by atoms with Gasteiger partial charge in [0, 0.05) is 7.11 Å². The minimum Gasteiger partial charge on any atom is -0.371 e. The molecule has 72 valence electrons. The largest absolute Gasteiger partial charge is 0.371 e. The monoisotopic (exact) mass is 182 g/mol. The Balaban J connectivity index is 2.92. The zero-order valence-electron chi connectivity index (χ0n) is 7.77. The van der Waals surface area contributed by atoms with Gasteiger partial charge in [0.1, 0.15) is 6.10 Å². The Morgan fingerprint density at radius 1 is 1.23 bits per heavy atom. The van der Waals surface area contributed by atoms with E-state index in [0.717, 1.165) is 5.56 Å². The van der Waals surface area contributed by atoms with Gasteiger partial charge in [0.05, 0.1) is 0 Å². The molecule has 13 heavy (non-hydrogen) atoms. The van der Waals surface area contributed by atoms with E-state index in [9.17, 15) is 10.2 Å². The van der Waals surface area contributed by atoms with E-state index in [4.69, 9.17) is 4.74 Å². The number of methoxy groups -OCH3 is 1. The number of aliphatic hydroxyl groups is 2. The van der Waals surface area contributed by atoms with Crippen molar-refractivity contribution in [1.82, 2.24) is 0 Å². The van der Waals surface area contributed by atoms with Gasteiger partial charge in [-0.2, -0.15) is 0 Å². The molecule has 0 bridgehead atoms. The molecule has 0 spiro atoms. The third-order valence-electron chi connectivity index (χ3n) is 1.83. The second-order valence-electron chi connectivity index (χ2n) is 3.12. The van der Waals surface area contributed by atoms with Gasteiger partial charge in [-0.1, -0.05) is 30.3 Å². The highest BCUT2D eigenvalue weighted by molar-refractivity contribution is 5.19. The first-order valence-electron chi connectivity index (χ1n) is 4.08. The Hall–Kier alpha value is -0.900. The third kappa shape index (κ3) is 2.52. The normalized spacial score (nSPS) is 14.2. The van der Waals surface area contributed by atoms with Crippen molar-refractivity contribution in [3.63, 3.8) is 0 Å². The molecule has 0 aliphatic heterocycles. The van der Waals surface area contributed by atoms with Crippen LogP contribution in [-0.4, -0.2) is 23.1 Å². The van der Waals surface area contributed by atoms with E-state index in [0.29, 0.717) is 0 Å². The maximum absolute atomic E-state index is 9.36. The molecule has 0 radical (unpaired) electrons. The minimum atomic E-state index is -1.85. The van der Waals surface area contributed by atoms with E-state index in [2.05, 4.69) is 0 Å². The fourth-order valence-electron chi connectivity index (χ4n) is 1.30. The fourth-order valence-corrected chi connectivity index (χ4v) is 1.30. The lowest BCUT2D eigenvalue weighted by Crippen LogP contribution is -2.33. The molecule has 1 aromatic carbocycles. The molecule has 3 heteroatoms. The SMILES string of the molecule is COC(c1ccccc1)C(C)(O)O. The predicted octanol–water partition coefficient (Wildman–Crippen LogP) is 1.07. The van der Waals surface area contributed by atoms with Gasteiger partial charge in [-0.25, -0.2) is 0 Å². The van der Waals surface area contributed by atoms with Crippen LogP contribution in [0.2, 0.25) is 0 Å². The molecule has 0 aliphatic carbocycles. The van der Waals surface area contributed by atoms with Crippen molar-refractivity contribution in [2.75, 3.05) is 7.11 Å². The van der Waals surface area contributed by atoms with E-state index in [-0.39, 0.29) is 0 Å². The highest BCUT2D eigenvalue weighted by Crippen LogP contribution is 2.26. The van der Waals surface area contributed by atoms with Crippen LogP contribution in [-0.2, 0) is 4.74 Å². The molecule has 2 N–H and O–H groups in total. The molecule has 1 aromatic rings. The van der Waals surface area contributed by atoms with Crippen molar-refractivity contribution in [2.24, 2.45) is 0 Å². The molecule has 1 atom stereocenters. The Morgan fingerprint density at radius 3 is 2.15 bits per heavy atom. The average molecular weight is 182 g/mol. The maximum Gasteiger partial charge on any atom is 0.191 e. The summed E-state index contributed by atoms with van der Waals surface area (Å²) in [5.74, 6) is -1.85. The summed E-state index contributed by atoms with van der Waals surface area (Å²) in [5.41, 5.74) is 0.748. The van der Waals surface area contributed by atoms with Crippen LogP contribution in [0, 0.1) is 0 Å². The van der Waals surface area contributed by atoms with Gasteiger partial charge in [0.25, 0.3) is 0 Å². The average Bonchev–Trinajstić information content (AvgIpc) is 2.05. The number of hydrogen-bond acceptors (Lipinski definition) is 3. The van der Waals surface area contributed by atoms with Crippen LogP contribution in [0.15, 0.2) is 30.3 Å². The standard InChI is InChI=1S/C10H14O3/c1-10(11,12)9(13-2)8-6-4-3-5-7-8/h3-7,9,11-12H,1-2H3. The summed E-state index contributed by atoms with van der Waals surface area (Å²) in [7, 11) is 1.45. The summed E-state index contributed by atoms with van der Waals surface area (Å²) in [5, 5.41) is 18.7. The topological polar surface area (TPSA) is 49.7 Å². The highest BCUT2D eigenvalue weighted by atomic mass is 16.6. The third-order valence-corrected chi connectivity index (χ3v) is 1.83. The summed E-state index contributed by atoms with van der Waals surface area (Å²) in [6, 6.07) is 9.10. The number of hydrogen-bond donors (Lipinski definition) is 2. The van der Waals surface area contributed by atoms with Crippen LogP contribution < -0.4 is 0 Å². The molecule has 0 saturated heterocycles. The molecule has 3 nitrogen and oxygen atoms in total. The van der Waals surface area contributed by atoms with Gasteiger partial charge < -0.3 is 14.9 Å². The number of rotatable bonds is 3. The van der Waals surface area contributed by atoms with Crippen LogP contribution in [0.4, 0.5) is 0 Å². The Kier molecular flexibility index (Phi) is 3.03. The van der Waals surface area contributed by atoms with Gasteiger partial charge in [0.15, 0.2) is 5.79 Å². The molecular formula is C10H14O3. The zero-order valence-corrected chi connectivity index (χ0v) is 7.77. The van der Waals surface area contributed by atoms with Crippen LogP contribution in [0.3, 0.4) is 0 Å². The first-order chi connectivity index (χ1) is 6.05. The molecule has 0 amide bonds. The van der Waals surface area contributed by atoms with Crippen molar-refractivity contribution in [3.05, 3.63) is 35.9 Å². The van der Waals surface area contributed by atoms with E-state index in [1.54, 1.807) is 12.1 Å². The highest BCUT2D eigenvalue weighted by Gasteiger charge is 2.30. The summed E-state index contributed by atoms with van der Waals surface area (Å²) < 4.78 is 5.00. The molecule has 0 aromatic heterocycles. The molecule has 1 unspecified atom stereocenters. The number of ether oxygens (including phenoxy) is 1. The van der Waals surface area contributed by atoms with Crippen LogP contribution >= 0.6 is 0 Å². The van der Waals surface area contributed by atoms with Crippen molar-refractivity contribution < 1.29 is 14.9 Å². The first-order valence-corrected chi connectivity index (χ1v) is 4.08. The summed E-state index contributed by atoms with van der Waals surface area (Å²) in [4.78, 5) is 0. The molecule has 0 saturated carbocycles. The molecule has 0 aliphatic rings. The van der Waals surface area contributed by atoms with Crippen molar-refractivity contribution in [2.45, 2.75) is 18.8 Å². The number of benzene rings is 1. The van der Waals surface area contributed by atoms with E-state index in [1.807, 2.05) is 18.2 Å². The van der Waals surface area contributed by atoms with E-state index >= 15 is 0 Å². The smallest absolute Gasteiger partial charge is 0.191 e.